The van der Waals surface area contributed by atoms with Crippen molar-refractivity contribution in [2.45, 2.75) is 6.42 Å². The van der Waals surface area contributed by atoms with E-state index in [1.165, 1.54) is 18.2 Å². The normalized spacial score (nSPS) is 9.88. The Hall–Kier alpha value is -1.49. The first kappa shape index (κ1) is 12.6. The molecule has 0 spiro atoms. The van der Waals surface area contributed by atoms with Crippen LogP contribution in [0.5, 0.6) is 5.75 Å². The van der Waals surface area contributed by atoms with Gasteiger partial charge >= 0.3 is 6.09 Å². The second-order valence-electron chi connectivity index (χ2n) is 3.01. The fraction of sp³-hybridized carbons (Fsp3) is 0.300. The molecule has 16 heavy (non-hydrogen) atoms. The van der Waals surface area contributed by atoms with E-state index in [-0.39, 0.29) is 5.02 Å². The first-order chi connectivity index (χ1) is 7.59. The van der Waals surface area contributed by atoms with Crippen molar-refractivity contribution in [1.82, 2.24) is 5.32 Å². The van der Waals surface area contributed by atoms with Crippen molar-refractivity contribution in [3.05, 3.63) is 29.0 Å². The number of ether oxygens (including phenoxy) is 1. The molecular formula is C10H11ClFNO3. The quantitative estimate of drug-likeness (QED) is 0.786. The third-order valence-electron chi connectivity index (χ3n) is 1.76. The summed E-state index contributed by atoms with van der Waals surface area (Å²) in [6.45, 7) is 0.645. The Balaban J connectivity index is 2.27. The van der Waals surface area contributed by atoms with Crippen molar-refractivity contribution < 1.29 is 19.0 Å². The number of benzene rings is 1. The second kappa shape index (κ2) is 6.17. The van der Waals surface area contributed by atoms with Crippen LogP contribution >= 0.6 is 11.6 Å². The van der Waals surface area contributed by atoms with Gasteiger partial charge in [0, 0.05) is 12.6 Å². The highest BCUT2D eigenvalue weighted by Crippen LogP contribution is 2.20. The molecule has 0 bridgehead atoms. The predicted octanol–water partition coefficient (Wildman–Crippen LogP) is 2.52. The SMILES string of the molecule is O=C(O)NCCCOc1ccc(F)c(Cl)c1. The van der Waals surface area contributed by atoms with Gasteiger partial charge in [0.25, 0.3) is 0 Å². The molecule has 1 aromatic rings. The van der Waals surface area contributed by atoms with Crippen LogP contribution in [0.2, 0.25) is 5.02 Å². The van der Waals surface area contributed by atoms with E-state index >= 15 is 0 Å². The van der Waals surface area contributed by atoms with Gasteiger partial charge in [0.05, 0.1) is 11.6 Å². The summed E-state index contributed by atoms with van der Waals surface area (Å²) in [5.74, 6) is -0.0386. The van der Waals surface area contributed by atoms with E-state index < -0.39 is 11.9 Å². The molecular weight excluding hydrogens is 237 g/mol. The van der Waals surface area contributed by atoms with Crippen molar-refractivity contribution in [1.29, 1.82) is 0 Å². The standard InChI is InChI=1S/C10H11ClFNO3/c11-8-6-7(2-3-9(8)12)16-5-1-4-13-10(14)15/h2-3,6,13H,1,4-5H2,(H,14,15). The molecule has 6 heteroatoms. The summed E-state index contributed by atoms with van der Waals surface area (Å²) in [4.78, 5) is 10.1. The fourth-order valence-corrected chi connectivity index (χ4v) is 1.19. The zero-order valence-electron chi connectivity index (χ0n) is 8.37. The van der Waals surface area contributed by atoms with Gasteiger partial charge in [-0.2, -0.15) is 0 Å². The molecule has 0 radical (unpaired) electrons. The Morgan fingerprint density at radius 1 is 1.56 bits per heavy atom. The largest absolute Gasteiger partial charge is 0.493 e. The minimum absolute atomic E-state index is 0.00107. The lowest BCUT2D eigenvalue weighted by Crippen LogP contribution is -2.23. The van der Waals surface area contributed by atoms with Crippen molar-refractivity contribution in [2.24, 2.45) is 0 Å². The summed E-state index contributed by atoms with van der Waals surface area (Å²) in [6, 6.07) is 4.06. The molecule has 0 atom stereocenters. The first-order valence-electron chi connectivity index (χ1n) is 4.64. The lowest BCUT2D eigenvalue weighted by molar-refractivity contribution is 0.193. The van der Waals surface area contributed by atoms with Crippen LogP contribution in [0.4, 0.5) is 9.18 Å². The number of amides is 1. The number of hydrogen-bond donors (Lipinski definition) is 2. The Morgan fingerprint density at radius 2 is 2.31 bits per heavy atom. The van der Waals surface area contributed by atoms with Gasteiger partial charge < -0.3 is 15.2 Å². The topological polar surface area (TPSA) is 58.6 Å². The second-order valence-corrected chi connectivity index (χ2v) is 3.42. The number of halogens is 2. The Bertz CT molecular complexity index is 373. The lowest BCUT2D eigenvalue weighted by atomic mass is 10.3. The summed E-state index contributed by atoms with van der Waals surface area (Å²) in [5.41, 5.74) is 0. The van der Waals surface area contributed by atoms with Crippen molar-refractivity contribution in [2.75, 3.05) is 13.2 Å². The van der Waals surface area contributed by atoms with Gasteiger partial charge in [-0.15, -0.1) is 0 Å². The summed E-state index contributed by atoms with van der Waals surface area (Å²) >= 11 is 5.55. The van der Waals surface area contributed by atoms with E-state index in [2.05, 4.69) is 5.32 Å². The molecule has 1 amide bonds. The third-order valence-corrected chi connectivity index (χ3v) is 2.05. The fourth-order valence-electron chi connectivity index (χ4n) is 1.02. The lowest BCUT2D eigenvalue weighted by Gasteiger charge is -2.06. The zero-order chi connectivity index (χ0) is 12.0. The summed E-state index contributed by atoms with van der Waals surface area (Å²) in [5, 5.41) is 10.5. The highest BCUT2D eigenvalue weighted by Gasteiger charge is 2.01. The van der Waals surface area contributed by atoms with Crippen LogP contribution in [0.15, 0.2) is 18.2 Å². The zero-order valence-corrected chi connectivity index (χ0v) is 9.13. The molecule has 4 nitrogen and oxygen atoms in total. The van der Waals surface area contributed by atoms with Gasteiger partial charge in [-0.1, -0.05) is 11.6 Å². The third kappa shape index (κ3) is 4.35. The maximum absolute atomic E-state index is 12.8. The van der Waals surface area contributed by atoms with Crippen LogP contribution in [0, 0.1) is 5.82 Å². The van der Waals surface area contributed by atoms with E-state index in [1.54, 1.807) is 0 Å². The van der Waals surface area contributed by atoms with Crippen LogP contribution in [0.3, 0.4) is 0 Å². The summed E-state index contributed by atoms with van der Waals surface area (Å²) in [6.07, 6.45) is -0.536. The Labute approximate surface area is 97.0 Å². The number of carbonyl (C=O) groups is 1. The molecule has 0 saturated heterocycles. The number of nitrogens with one attached hydrogen (secondary N) is 1. The molecule has 0 unspecified atom stereocenters. The highest BCUT2D eigenvalue weighted by atomic mass is 35.5. The molecule has 1 rings (SSSR count). The smallest absolute Gasteiger partial charge is 0.404 e. The van der Waals surface area contributed by atoms with E-state index in [1.807, 2.05) is 0 Å². The van der Waals surface area contributed by atoms with E-state index in [0.29, 0.717) is 25.3 Å². The van der Waals surface area contributed by atoms with Crippen LogP contribution in [-0.2, 0) is 0 Å². The van der Waals surface area contributed by atoms with Crippen molar-refractivity contribution >= 4 is 17.7 Å². The number of rotatable bonds is 5. The van der Waals surface area contributed by atoms with Gasteiger partial charge in [0.2, 0.25) is 0 Å². The number of hydrogen-bond acceptors (Lipinski definition) is 2. The Morgan fingerprint density at radius 3 is 2.94 bits per heavy atom. The molecule has 0 saturated carbocycles. The van der Waals surface area contributed by atoms with E-state index in [0.717, 1.165) is 0 Å². The molecule has 0 aliphatic carbocycles. The average Bonchev–Trinajstić information content (AvgIpc) is 2.22. The summed E-state index contributed by atoms with van der Waals surface area (Å²) in [7, 11) is 0. The Kier molecular flexibility index (Phi) is 4.85. The predicted molar refractivity (Wildman–Crippen MR) is 57.5 cm³/mol. The molecule has 0 aromatic heterocycles. The van der Waals surface area contributed by atoms with E-state index in [4.69, 9.17) is 21.4 Å². The van der Waals surface area contributed by atoms with Crippen molar-refractivity contribution in [3.63, 3.8) is 0 Å². The van der Waals surface area contributed by atoms with E-state index in [9.17, 15) is 9.18 Å². The van der Waals surface area contributed by atoms with Gasteiger partial charge in [-0.25, -0.2) is 9.18 Å². The van der Waals surface area contributed by atoms with Crippen LogP contribution in [0.25, 0.3) is 0 Å². The maximum atomic E-state index is 12.8. The summed E-state index contributed by atoms with van der Waals surface area (Å²) < 4.78 is 18.0. The van der Waals surface area contributed by atoms with Gasteiger partial charge in [0.15, 0.2) is 0 Å². The minimum atomic E-state index is -1.06. The molecule has 0 fully saturated rings. The first-order valence-corrected chi connectivity index (χ1v) is 5.02. The molecule has 2 N–H and O–H groups in total. The van der Waals surface area contributed by atoms with Crippen LogP contribution in [0.1, 0.15) is 6.42 Å². The maximum Gasteiger partial charge on any atom is 0.404 e. The molecule has 0 heterocycles. The number of carboxylic acid groups (broad SMARTS) is 1. The molecule has 88 valence electrons. The monoisotopic (exact) mass is 247 g/mol. The van der Waals surface area contributed by atoms with Gasteiger partial charge in [-0.05, 0) is 18.6 Å². The van der Waals surface area contributed by atoms with Gasteiger partial charge in [-0.3, -0.25) is 0 Å². The molecule has 0 aliphatic rings. The van der Waals surface area contributed by atoms with Crippen LogP contribution in [-0.4, -0.2) is 24.4 Å². The highest BCUT2D eigenvalue weighted by molar-refractivity contribution is 6.30. The minimum Gasteiger partial charge on any atom is -0.493 e. The molecule has 0 aliphatic heterocycles. The van der Waals surface area contributed by atoms with Gasteiger partial charge in [0.1, 0.15) is 11.6 Å². The van der Waals surface area contributed by atoms with Crippen molar-refractivity contribution in [3.8, 4) is 5.75 Å². The van der Waals surface area contributed by atoms with Crippen LogP contribution < -0.4 is 10.1 Å². The molecule has 1 aromatic carbocycles. The average molecular weight is 248 g/mol.